The van der Waals surface area contributed by atoms with Crippen LogP contribution in [0.4, 0.5) is 0 Å². The Labute approximate surface area is 123 Å². The van der Waals surface area contributed by atoms with Crippen molar-refractivity contribution in [3.8, 4) is 0 Å². The van der Waals surface area contributed by atoms with Crippen LogP contribution in [0.5, 0.6) is 0 Å². The fourth-order valence-electron chi connectivity index (χ4n) is 2.37. The molecule has 0 amide bonds. The van der Waals surface area contributed by atoms with Gasteiger partial charge in [-0.1, -0.05) is 23.2 Å². The number of halogens is 2. The second-order valence-corrected chi connectivity index (χ2v) is 8.03. The summed E-state index contributed by atoms with van der Waals surface area (Å²) >= 11 is 12.2. The predicted octanol–water partition coefficient (Wildman–Crippen LogP) is 1.52. The molecule has 1 aromatic rings. The molecular weight excluding hydrogens is 305 g/mol. The largest absolute Gasteiger partial charge is 0.537 e. The molecule has 3 fully saturated rings. The van der Waals surface area contributed by atoms with Crippen molar-refractivity contribution in [2.75, 3.05) is 39.5 Å². The van der Waals surface area contributed by atoms with Gasteiger partial charge in [-0.2, -0.15) is 0 Å². The van der Waals surface area contributed by atoms with Gasteiger partial charge in [0, 0.05) is 34.9 Å². The first-order valence-electron chi connectivity index (χ1n) is 6.29. The molecule has 2 bridgehead atoms. The lowest BCUT2D eigenvalue weighted by molar-refractivity contribution is 0.00141. The average Bonchev–Trinajstić information content (AvgIpc) is 2.25. The van der Waals surface area contributed by atoms with E-state index in [1.807, 2.05) is 12.1 Å². The van der Waals surface area contributed by atoms with Gasteiger partial charge >= 0.3 is 8.80 Å². The van der Waals surface area contributed by atoms with Gasteiger partial charge in [0.1, 0.15) is 0 Å². The van der Waals surface area contributed by atoms with Crippen molar-refractivity contribution in [1.82, 2.24) is 4.90 Å². The highest BCUT2D eigenvalue weighted by atomic mass is 35.5. The van der Waals surface area contributed by atoms with E-state index in [1.54, 1.807) is 6.07 Å². The lowest BCUT2D eigenvalue weighted by Crippen LogP contribution is -2.62. The molecule has 0 radical (unpaired) electrons. The van der Waals surface area contributed by atoms with Crippen molar-refractivity contribution < 1.29 is 13.3 Å². The SMILES string of the molecule is Clc1cc(Cl)cc([Si]23OCCN(CCO2)CCO3)c1. The Hall–Kier alpha value is -0.143. The molecule has 3 aliphatic heterocycles. The summed E-state index contributed by atoms with van der Waals surface area (Å²) in [7, 11) is -2.86. The summed E-state index contributed by atoms with van der Waals surface area (Å²) in [6.07, 6.45) is 0. The van der Waals surface area contributed by atoms with Gasteiger partial charge < -0.3 is 13.3 Å². The molecule has 0 atom stereocenters. The van der Waals surface area contributed by atoms with E-state index in [0.717, 1.165) is 24.8 Å². The van der Waals surface area contributed by atoms with Crippen LogP contribution in [-0.4, -0.2) is 53.2 Å². The molecule has 0 aromatic heterocycles. The maximum absolute atomic E-state index is 6.08. The zero-order valence-electron chi connectivity index (χ0n) is 10.4. The predicted molar refractivity (Wildman–Crippen MR) is 76.1 cm³/mol. The van der Waals surface area contributed by atoms with Crippen LogP contribution in [0.25, 0.3) is 0 Å². The fraction of sp³-hybridized carbons (Fsp3) is 0.500. The Morgan fingerprint density at radius 3 is 1.79 bits per heavy atom. The van der Waals surface area contributed by atoms with Gasteiger partial charge in [0.15, 0.2) is 0 Å². The third-order valence-corrected chi connectivity index (χ3v) is 6.50. The van der Waals surface area contributed by atoms with Crippen molar-refractivity contribution in [1.29, 1.82) is 0 Å². The Kier molecular flexibility index (Phi) is 4.14. The molecule has 104 valence electrons. The normalized spacial score (nSPS) is 31.6. The molecular formula is C12H15Cl2NO3Si. The average molecular weight is 320 g/mol. The highest BCUT2D eigenvalue weighted by Gasteiger charge is 2.46. The Morgan fingerprint density at radius 2 is 1.32 bits per heavy atom. The van der Waals surface area contributed by atoms with E-state index in [4.69, 9.17) is 36.5 Å². The highest BCUT2D eigenvalue weighted by molar-refractivity contribution is 6.75. The molecule has 0 N–H and O–H groups in total. The van der Waals surface area contributed by atoms with Gasteiger partial charge in [0.25, 0.3) is 0 Å². The second-order valence-electron chi connectivity index (χ2n) is 4.60. The topological polar surface area (TPSA) is 30.9 Å². The van der Waals surface area contributed by atoms with Crippen molar-refractivity contribution in [2.45, 2.75) is 0 Å². The van der Waals surface area contributed by atoms with E-state index in [0.29, 0.717) is 29.9 Å². The van der Waals surface area contributed by atoms with Crippen LogP contribution in [0.15, 0.2) is 18.2 Å². The number of fused-ring (bicyclic) bond motifs is 6. The van der Waals surface area contributed by atoms with Gasteiger partial charge in [-0.15, -0.1) is 0 Å². The van der Waals surface area contributed by atoms with Crippen LogP contribution < -0.4 is 5.19 Å². The maximum atomic E-state index is 6.08. The summed E-state index contributed by atoms with van der Waals surface area (Å²) < 4.78 is 17.9. The standard InChI is InChI=1S/C12H15Cl2NO3Si/c13-10-7-11(14)9-12(8-10)19-16-4-1-15(2-5-17-19)3-6-18-19/h7-9H,1-6H2. The van der Waals surface area contributed by atoms with E-state index in [2.05, 4.69) is 4.90 Å². The quantitative estimate of drug-likeness (QED) is 0.734. The van der Waals surface area contributed by atoms with Gasteiger partial charge in [-0.05, 0) is 18.2 Å². The van der Waals surface area contributed by atoms with E-state index < -0.39 is 8.80 Å². The van der Waals surface area contributed by atoms with Crippen molar-refractivity contribution in [3.05, 3.63) is 28.2 Å². The Bertz CT molecular complexity index is 428. The molecule has 3 heterocycles. The monoisotopic (exact) mass is 319 g/mol. The third kappa shape index (κ3) is 2.97. The summed E-state index contributed by atoms with van der Waals surface area (Å²) in [6.45, 7) is 4.56. The highest BCUT2D eigenvalue weighted by Crippen LogP contribution is 2.21. The van der Waals surface area contributed by atoms with Crippen LogP contribution in [0.2, 0.25) is 10.0 Å². The summed E-state index contributed by atoms with van der Waals surface area (Å²) in [5.41, 5.74) is 0. The third-order valence-electron chi connectivity index (χ3n) is 3.31. The minimum absolute atomic E-state index is 0.575. The zero-order valence-corrected chi connectivity index (χ0v) is 12.9. The summed E-state index contributed by atoms with van der Waals surface area (Å²) in [4.78, 5) is 2.28. The lowest BCUT2D eigenvalue weighted by atomic mass is 10.4. The second kappa shape index (κ2) is 5.69. The molecule has 4 rings (SSSR count). The number of hydrogen-bond acceptors (Lipinski definition) is 4. The molecule has 1 aromatic carbocycles. The smallest absolute Gasteiger partial charge is 0.369 e. The van der Waals surface area contributed by atoms with Gasteiger partial charge in [0.2, 0.25) is 0 Å². The molecule has 7 heteroatoms. The fourth-order valence-corrected chi connectivity index (χ4v) is 5.57. The van der Waals surface area contributed by atoms with Crippen LogP contribution >= 0.6 is 23.2 Å². The molecule has 3 aliphatic rings. The summed E-state index contributed by atoms with van der Waals surface area (Å²) in [5, 5.41) is 2.00. The molecule has 0 unspecified atom stereocenters. The van der Waals surface area contributed by atoms with E-state index >= 15 is 0 Å². The van der Waals surface area contributed by atoms with Crippen LogP contribution in [-0.2, 0) is 13.3 Å². The number of nitrogens with zero attached hydrogens (tertiary/aromatic N) is 1. The minimum Gasteiger partial charge on any atom is -0.369 e. The first-order chi connectivity index (χ1) is 9.18. The Morgan fingerprint density at radius 1 is 0.842 bits per heavy atom. The number of hydrogen-bond donors (Lipinski definition) is 0. The van der Waals surface area contributed by atoms with Crippen molar-refractivity contribution in [2.24, 2.45) is 0 Å². The minimum atomic E-state index is -2.86. The molecule has 4 nitrogen and oxygen atoms in total. The first-order valence-corrected chi connectivity index (χ1v) is 8.77. The van der Waals surface area contributed by atoms with E-state index in [9.17, 15) is 0 Å². The van der Waals surface area contributed by atoms with Crippen molar-refractivity contribution >= 4 is 37.2 Å². The zero-order chi connectivity index (χ0) is 13.3. The van der Waals surface area contributed by atoms with Crippen LogP contribution in [0, 0.1) is 0 Å². The Balaban J connectivity index is 1.97. The maximum Gasteiger partial charge on any atom is 0.537 e. The molecule has 0 saturated carbocycles. The number of benzene rings is 1. The summed E-state index contributed by atoms with van der Waals surface area (Å²) in [5.74, 6) is 0. The van der Waals surface area contributed by atoms with Crippen molar-refractivity contribution in [3.63, 3.8) is 0 Å². The molecule has 19 heavy (non-hydrogen) atoms. The van der Waals surface area contributed by atoms with E-state index in [1.165, 1.54) is 0 Å². The first kappa shape index (κ1) is 13.8. The van der Waals surface area contributed by atoms with Gasteiger partial charge in [-0.25, -0.2) is 0 Å². The van der Waals surface area contributed by atoms with Gasteiger partial charge in [-0.3, -0.25) is 4.90 Å². The van der Waals surface area contributed by atoms with Crippen LogP contribution in [0.1, 0.15) is 0 Å². The van der Waals surface area contributed by atoms with E-state index in [-0.39, 0.29) is 0 Å². The lowest BCUT2D eigenvalue weighted by Gasteiger charge is -2.38. The summed E-state index contributed by atoms with van der Waals surface area (Å²) in [6, 6.07) is 5.37. The van der Waals surface area contributed by atoms with Gasteiger partial charge in [0.05, 0.1) is 19.8 Å². The molecule has 0 spiro atoms. The van der Waals surface area contributed by atoms with Crippen LogP contribution in [0.3, 0.4) is 0 Å². The number of rotatable bonds is 1. The molecule has 3 saturated heterocycles. The molecule has 0 aliphatic carbocycles.